The number of oxime groups is 1. The van der Waals surface area contributed by atoms with Gasteiger partial charge in [0.2, 0.25) is 5.04 Å². The number of rotatable bonds is 5. The highest BCUT2D eigenvalue weighted by Crippen LogP contribution is 2.30. The molecule has 0 aliphatic heterocycles. The van der Waals surface area contributed by atoms with E-state index in [2.05, 4.69) is 9.89 Å². The summed E-state index contributed by atoms with van der Waals surface area (Å²) in [6.45, 7) is 0. The van der Waals surface area contributed by atoms with E-state index < -0.39 is 16.1 Å². The molecule has 1 aromatic rings. The molecule has 25 heavy (non-hydrogen) atoms. The molecule has 2 rings (SSSR count). The Hall–Kier alpha value is -1.74. The SMILES string of the molecule is COC(=O)C(=NOS(=O)(=O)c1ccc(OC)cc1)SC1CCCCC1. The van der Waals surface area contributed by atoms with Gasteiger partial charge in [0.25, 0.3) is 0 Å². The Morgan fingerprint density at radius 2 is 1.76 bits per heavy atom. The Kier molecular flexibility index (Phi) is 7.12. The van der Waals surface area contributed by atoms with Crippen molar-refractivity contribution in [3.63, 3.8) is 0 Å². The van der Waals surface area contributed by atoms with Crippen LogP contribution >= 0.6 is 11.8 Å². The third-order valence-electron chi connectivity index (χ3n) is 3.76. The van der Waals surface area contributed by atoms with Crippen molar-refractivity contribution >= 4 is 32.9 Å². The maximum absolute atomic E-state index is 12.2. The highest BCUT2D eigenvalue weighted by Gasteiger charge is 2.24. The molecule has 0 N–H and O–H groups in total. The van der Waals surface area contributed by atoms with Crippen LogP contribution in [0.15, 0.2) is 34.3 Å². The molecule has 0 atom stereocenters. The number of carbonyl (C=O) groups excluding carboxylic acids is 1. The van der Waals surface area contributed by atoms with Crippen LogP contribution in [0, 0.1) is 0 Å². The van der Waals surface area contributed by atoms with Gasteiger partial charge in [-0.1, -0.05) is 36.2 Å². The van der Waals surface area contributed by atoms with Gasteiger partial charge in [0.05, 0.1) is 14.2 Å². The first-order valence-electron chi connectivity index (χ1n) is 7.87. The lowest BCUT2D eigenvalue weighted by molar-refractivity contribution is -0.132. The van der Waals surface area contributed by atoms with Gasteiger partial charge in [-0.15, -0.1) is 0 Å². The van der Waals surface area contributed by atoms with Gasteiger partial charge in [-0.25, -0.2) is 4.79 Å². The molecule has 0 bridgehead atoms. The molecular formula is C16H21NO6S2. The summed E-state index contributed by atoms with van der Waals surface area (Å²) in [5.41, 5.74) is 0. The highest BCUT2D eigenvalue weighted by molar-refractivity contribution is 8.16. The van der Waals surface area contributed by atoms with E-state index in [1.54, 1.807) is 0 Å². The minimum Gasteiger partial charge on any atom is -0.497 e. The van der Waals surface area contributed by atoms with E-state index in [4.69, 9.17) is 9.02 Å². The number of benzene rings is 1. The van der Waals surface area contributed by atoms with Crippen molar-refractivity contribution in [3.8, 4) is 5.75 Å². The van der Waals surface area contributed by atoms with Gasteiger partial charge < -0.3 is 9.47 Å². The van der Waals surface area contributed by atoms with Crippen LogP contribution in [0.25, 0.3) is 0 Å². The monoisotopic (exact) mass is 387 g/mol. The first-order valence-corrected chi connectivity index (χ1v) is 10.2. The van der Waals surface area contributed by atoms with Crippen LogP contribution < -0.4 is 4.74 Å². The lowest BCUT2D eigenvalue weighted by atomic mass is 10.0. The minimum atomic E-state index is -4.13. The molecule has 0 amide bonds. The van der Waals surface area contributed by atoms with Crippen LogP contribution in [0.2, 0.25) is 0 Å². The molecule has 1 aliphatic rings. The molecule has 1 fully saturated rings. The standard InChI is InChI=1S/C16H21NO6S2/c1-21-12-8-10-14(11-9-12)25(19,20)23-17-15(16(18)22-2)24-13-6-4-3-5-7-13/h8-11,13H,3-7H2,1-2H3. The van der Waals surface area contributed by atoms with E-state index in [-0.39, 0.29) is 15.2 Å². The van der Waals surface area contributed by atoms with E-state index in [0.717, 1.165) is 25.7 Å². The number of nitrogens with zero attached hydrogens (tertiary/aromatic N) is 1. The fraction of sp³-hybridized carbons (Fsp3) is 0.500. The summed E-state index contributed by atoms with van der Waals surface area (Å²) in [5.74, 6) is -0.189. The van der Waals surface area contributed by atoms with Crippen molar-refractivity contribution in [2.24, 2.45) is 5.16 Å². The zero-order valence-corrected chi connectivity index (χ0v) is 15.8. The Labute approximate surface area is 151 Å². The lowest BCUT2D eigenvalue weighted by Crippen LogP contribution is -2.19. The zero-order chi connectivity index (χ0) is 18.3. The van der Waals surface area contributed by atoms with Gasteiger partial charge in [0.1, 0.15) is 10.6 Å². The van der Waals surface area contributed by atoms with Crippen LogP contribution in [-0.2, 0) is 23.9 Å². The minimum absolute atomic E-state index is 0.0797. The summed E-state index contributed by atoms with van der Waals surface area (Å²) < 4.78 is 38.8. The van der Waals surface area contributed by atoms with E-state index >= 15 is 0 Å². The van der Waals surface area contributed by atoms with Crippen molar-refractivity contribution in [2.45, 2.75) is 42.2 Å². The Morgan fingerprint density at radius 3 is 2.32 bits per heavy atom. The predicted molar refractivity (Wildman–Crippen MR) is 95.2 cm³/mol. The smallest absolute Gasteiger partial charge is 0.366 e. The average molecular weight is 387 g/mol. The molecule has 0 radical (unpaired) electrons. The summed E-state index contributed by atoms with van der Waals surface area (Å²) in [6.07, 6.45) is 5.23. The molecule has 1 aromatic carbocycles. The van der Waals surface area contributed by atoms with E-state index in [9.17, 15) is 13.2 Å². The Morgan fingerprint density at radius 1 is 1.12 bits per heavy atom. The number of thioether (sulfide) groups is 1. The second-order valence-electron chi connectivity index (χ2n) is 5.47. The first kappa shape index (κ1) is 19.6. The molecule has 7 nitrogen and oxygen atoms in total. The Bertz CT molecular complexity index is 709. The summed E-state index contributed by atoms with van der Waals surface area (Å²) in [7, 11) is -1.43. The van der Waals surface area contributed by atoms with E-state index in [1.165, 1.54) is 56.7 Å². The molecule has 1 saturated carbocycles. The quantitative estimate of drug-likeness (QED) is 0.332. The number of hydrogen-bond acceptors (Lipinski definition) is 8. The largest absolute Gasteiger partial charge is 0.497 e. The zero-order valence-electron chi connectivity index (χ0n) is 14.1. The third kappa shape index (κ3) is 5.64. The maximum Gasteiger partial charge on any atom is 0.366 e. The second kappa shape index (κ2) is 9.10. The van der Waals surface area contributed by atoms with E-state index in [1.807, 2.05) is 0 Å². The topological polar surface area (TPSA) is 91.3 Å². The summed E-state index contributed by atoms with van der Waals surface area (Å²) in [6, 6.07) is 5.68. The van der Waals surface area contributed by atoms with Crippen LogP contribution in [0.5, 0.6) is 5.75 Å². The van der Waals surface area contributed by atoms with Crippen LogP contribution in [0.4, 0.5) is 0 Å². The van der Waals surface area contributed by atoms with Gasteiger partial charge in [0.15, 0.2) is 0 Å². The molecule has 1 aliphatic carbocycles. The van der Waals surface area contributed by atoms with Gasteiger partial charge >= 0.3 is 16.1 Å². The van der Waals surface area contributed by atoms with Crippen LogP contribution in [0.3, 0.4) is 0 Å². The lowest BCUT2D eigenvalue weighted by Gasteiger charge is -2.20. The highest BCUT2D eigenvalue weighted by atomic mass is 32.2. The summed E-state index contributed by atoms with van der Waals surface area (Å²) in [4.78, 5) is 11.8. The Balaban J connectivity index is 2.12. The first-order chi connectivity index (χ1) is 12.0. The van der Waals surface area contributed by atoms with Gasteiger partial charge in [-0.2, -0.15) is 8.42 Å². The maximum atomic E-state index is 12.2. The molecule has 0 unspecified atom stereocenters. The summed E-state index contributed by atoms with van der Waals surface area (Å²) >= 11 is 1.21. The molecule has 9 heteroatoms. The molecule has 0 heterocycles. The number of hydrogen-bond donors (Lipinski definition) is 0. The summed E-state index contributed by atoms with van der Waals surface area (Å²) in [5, 5.41) is 3.68. The average Bonchev–Trinajstić information content (AvgIpc) is 2.65. The molecule has 138 valence electrons. The van der Waals surface area contributed by atoms with Crippen molar-refractivity contribution in [1.82, 2.24) is 0 Å². The van der Waals surface area contributed by atoms with Crippen molar-refractivity contribution in [1.29, 1.82) is 0 Å². The van der Waals surface area contributed by atoms with E-state index in [0.29, 0.717) is 5.75 Å². The molecule has 0 aromatic heterocycles. The van der Waals surface area contributed by atoms with Crippen molar-refractivity contribution < 1.29 is 27.0 Å². The molecule has 0 saturated heterocycles. The number of carbonyl (C=O) groups is 1. The van der Waals surface area contributed by atoms with Gasteiger partial charge in [-0.05, 0) is 37.1 Å². The third-order valence-corrected chi connectivity index (χ3v) is 6.15. The molecule has 0 spiro atoms. The number of methoxy groups -OCH3 is 2. The van der Waals surface area contributed by atoms with Gasteiger partial charge in [-0.3, -0.25) is 4.28 Å². The molecular weight excluding hydrogens is 366 g/mol. The second-order valence-corrected chi connectivity index (χ2v) is 8.29. The van der Waals surface area contributed by atoms with Crippen LogP contribution in [0.1, 0.15) is 32.1 Å². The van der Waals surface area contributed by atoms with Crippen molar-refractivity contribution in [3.05, 3.63) is 24.3 Å². The number of ether oxygens (including phenoxy) is 2. The van der Waals surface area contributed by atoms with Crippen LogP contribution in [-0.4, -0.2) is 38.9 Å². The normalized spacial score (nSPS) is 16.3. The predicted octanol–water partition coefficient (Wildman–Crippen LogP) is 2.95. The van der Waals surface area contributed by atoms with Crippen molar-refractivity contribution in [2.75, 3.05) is 14.2 Å². The fourth-order valence-electron chi connectivity index (χ4n) is 2.40. The fourth-order valence-corrected chi connectivity index (χ4v) is 4.32. The van der Waals surface area contributed by atoms with Gasteiger partial charge in [0, 0.05) is 5.25 Å². The number of esters is 1.